The number of aromatic nitrogens is 1. The lowest BCUT2D eigenvalue weighted by atomic mass is 10.0. The molecule has 0 fully saturated rings. The predicted octanol–water partition coefficient (Wildman–Crippen LogP) is 5.02. The van der Waals surface area contributed by atoms with Gasteiger partial charge in [-0.15, -0.1) is 0 Å². The summed E-state index contributed by atoms with van der Waals surface area (Å²) in [6, 6.07) is 15.3. The summed E-state index contributed by atoms with van der Waals surface area (Å²) >= 11 is 0. The molecule has 5 nitrogen and oxygen atoms in total. The van der Waals surface area contributed by atoms with Crippen molar-refractivity contribution >= 4 is 17.6 Å². The zero-order valence-corrected chi connectivity index (χ0v) is 17.3. The highest BCUT2D eigenvalue weighted by atomic mass is 16.5. The Morgan fingerprint density at radius 3 is 2.17 bits per heavy atom. The van der Waals surface area contributed by atoms with E-state index in [2.05, 4.69) is 10.3 Å². The molecule has 5 heteroatoms. The second kappa shape index (κ2) is 8.27. The average Bonchev–Trinajstić information content (AvgIpc) is 2.71. The molecule has 1 aromatic heterocycles. The molecule has 29 heavy (non-hydrogen) atoms. The Morgan fingerprint density at radius 1 is 0.862 bits per heavy atom. The molecule has 3 rings (SSSR count). The molecule has 0 saturated carbocycles. The average molecular weight is 388 g/mol. The molecule has 0 aliphatic carbocycles. The number of pyridine rings is 1. The number of anilines is 1. The van der Waals surface area contributed by atoms with E-state index in [1.807, 2.05) is 57.2 Å². The number of carbonyl (C=O) groups is 2. The molecular formula is C24H24N2O3. The molecule has 0 aliphatic heterocycles. The van der Waals surface area contributed by atoms with Gasteiger partial charge in [-0.05, 0) is 56.5 Å². The zero-order valence-electron chi connectivity index (χ0n) is 17.3. The van der Waals surface area contributed by atoms with E-state index in [4.69, 9.17) is 4.74 Å². The van der Waals surface area contributed by atoms with Gasteiger partial charge in [0.1, 0.15) is 5.69 Å². The van der Waals surface area contributed by atoms with Gasteiger partial charge < -0.3 is 10.1 Å². The fourth-order valence-electron chi connectivity index (χ4n) is 3.19. The normalized spacial score (nSPS) is 10.5. The number of benzene rings is 2. The second-order valence-electron chi connectivity index (χ2n) is 7.10. The molecule has 3 aromatic rings. The van der Waals surface area contributed by atoms with Gasteiger partial charge in [-0.25, -0.2) is 9.78 Å². The number of aryl methyl sites for hydroxylation is 3. The van der Waals surface area contributed by atoms with Crippen LogP contribution in [0.3, 0.4) is 0 Å². The Morgan fingerprint density at radius 2 is 1.52 bits per heavy atom. The molecule has 0 aliphatic rings. The predicted molar refractivity (Wildman–Crippen MR) is 114 cm³/mol. The summed E-state index contributed by atoms with van der Waals surface area (Å²) in [5, 5.41) is 2.93. The Labute approximate surface area is 170 Å². The van der Waals surface area contributed by atoms with Crippen molar-refractivity contribution in [3.05, 3.63) is 82.0 Å². The minimum Gasteiger partial charge on any atom is -0.465 e. The number of ether oxygens (including phenoxy) is 1. The SMILES string of the molecule is COC(=O)c1ccc(C)c(NC(=O)c2nc(-c3ccc(C)cc3)ccc2C)c1C. The van der Waals surface area contributed by atoms with Gasteiger partial charge in [0.25, 0.3) is 5.91 Å². The minimum absolute atomic E-state index is 0.315. The van der Waals surface area contributed by atoms with Crippen LogP contribution in [0, 0.1) is 27.7 Å². The molecule has 1 heterocycles. The maximum atomic E-state index is 13.0. The van der Waals surface area contributed by atoms with Crippen LogP contribution >= 0.6 is 0 Å². The van der Waals surface area contributed by atoms with Crippen molar-refractivity contribution in [2.24, 2.45) is 0 Å². The first-order valence-corrected chi connectivity index (χ1v) is 9.36. The molecule has 0 radical (unpaired) electrons. The number of esters is 1. The summed E-state index contributed by atoms with van der Waals surface area (Å²) in [6.07, 6.45) is 0. The third-order valence-electron chi connectivity index (χ3n) is 4.98. The molecular weight excluding hydrogens is 364 g/mol. The van der Waals surface area contributed by atoms with E-state index in [-0.39, 0.29) is 5.91 Å². The Hall–Kier alpha value is -3.47. The van der Waals surface area contributed by atoms with Crippen LogP contribution in [0.1, 0.15) is 43.1 Å². The first kappa shape index (κ1) is 20.3. The van der Waals surface area contributed by atoms with Crippen molar-refractivity contribution in [3.8, 4) is 11.3 Å². The quantitative estimate of drug-likeness (QED) is 0.637. The number of nitrogens with one attached hydrogen (secondary N) is 1. The summed E-state index contributed by atoms with van der Waals surface area (Å²) in [5.41, 5.74) is 6.51. The van der Waals surface area contributed by atoms with Crippen molar-refractivity contribution in [2.75, 3.05) is 12.4 Å². The van der Waals surface area contributed by atoms with E-state index < -0.39 is 5.97 Å². The molecule has 1 N–H and O–H groups in total. The number of hydrogen-bond acceptors (Lipinski definition) is 4. The van der Waals surface area contributed by atoms with E-state index in [0.29, 0.717) is 22.5 Å². The molecule has 0 unspecified atom stereocenters. The monoisotopic (exact) mass is 388 g/mol. The van der Waals surface area contributed by atoms with E-state index in [0.717, 1.165) is 27.9 Å². The molecule has 148 valence electrons. The van der Waals surface area contributed by atoms with Crippen LogP contribution < -0.4 is 5.32 Å². The first-order valence-electron chi connectivity index (χ1n) is 9.36. The Bertz CT molecular complexity index is 1090. The number of rotatable bonds is 4. The standard InChI is InChI=1S/C24H24N2O3/c1-14-6-10-18(11-7-14)20-13-9-16(3)22(25-20)23(27)26-21-15(2)8-12-19(17(21)4)24(28)29-5/h6-13H,1-5H3,(H,26,27). The molecule has 1 amide bonds. The van der Waals surface area contributed by atoms with Gasteiger partial charge in [0, 0.05) is 11.3 Å². The van der Waals surface area contributed by atoms with Crippen molar-refractivity contribution in [1.29, 1.82) is 0 Å². The van der Waals surface area contributed by atoms with Crippen LogP contribution in [0.25, 0.3) is 11.3 Å². The van der Waals surface area contributed by atoms with Crippen LogP contribution in [0.4, 0.5) is 5.69 Å². The molecule has 0 spiro atoms. The van der Waals surface area contributed by atoms with Gasteiger partial charge in [0.05, 0.1) is 18.4 Å². The number of nitrogens with zero attached hydrogens (tertiary/aromatic N) is 1. The topological polar surface area (TPSA) is 68.3 Å². The molecule has 0 bridgehead atoms. The van der Waals surface area contributed by atoms with Crippen LogP contribution in [0.2, 0.25) is 0 Å². The van der Waals surface area contributed by atoms with E-state index in [1.165, 1.54) is 7.11 Å². The lowest BCUT2D eigenvalue weighted by molar-refractivity contribution is 0.0599. The Balaban J connectivity index is 1.97. The first-order chi connectivity index (χ1) is 13.8. The van der Waals surface area contributed by atoms with E-state index in [9.17, 15) is 9.59 Å². The lowest BCUT2D eigenvalue weighted by Gasteiger charge is -2.15. The highest BCUT2D eigenvalue weighted by molar-refractivity contribution is 6.06. The highest BCUT2D eigenvalue weighted by Crippen LogP contribution is 2.26. The summed E-state index contributed by atoms with van der Waals surface area (Å²) in [7, 11) is 1.34. The summed E-state index contributed by atoms with van der Waals surface area (Å²) in [6.45, 7) is 7.55. The second-order valence-corrected chi connectivity index (χ2v) is 7.10. The maximum Gasteiger partial charge on any atom is 0.338 e. The Kier molecular flexibility index (Phi) is 5.78. The largest absolute Gasteiger partial charge is 0.465 e. The van der Waals surface area contributed by atoms with Gasteiger partial charge in [-0.3, -0.25) is 4.79 Å². The van der Waals surface area contributed by atoms with Gasteiger partial charge >= 0.3 is 5.97 Å². The zero-order chi connectivity index (χ0) is 21.1. The van der Waals surface area contributed by atoms with Gasteiger partial charge in [-0.1, -0.05) is 42.0 Å². The maximum absolute atomic E-state index is 13.0. The highest BCUT2D eigenvalue weighted by Gasteiger charge is 2.18. The van der Waals surface area contributed by atoms with Gasteiger partial charge in [-0.2, -0.15) is 0 Å². The summed E-state index contributed by atoms with van der Waals surface area (Å²) in [4.78, 5) is 29.6. The van der Waals surface area contributed by atoms with Crippen molar-refractivity contribution in [1.82, 2.24) is 4.98 Å². The fraction of sp³-hybridized carbons (Fsp3) is 0.208. The third kappa shape index (κ3) is 4.19. The summed E-state index contributed by atoms with van der Waals surface area (Å²) in [5.74, 6) is -0.752. The fourth-order valence-corrected chi connectivity index (χ4v) is 3.19. The number of amides is 1. The minimum atomic E-state index is -0.436. The van der Waals surface area contributed by atoms with E-state index >= 15 is 0 Å². The number of hydrogen-bond donors (Lipinski definition) is 1. The number of carbonyl (C=O) groups excluding carboxylic acids is 2. The van der Waals surface area contributed by atoms with Gasteiger partial charge in [0.2, 0.25) is 0 Å². The molecule has 0 saturated heterocycles. The molecule has 0 atom stereocenters. The third-order valence-corrected chi connectivity index (χ3v) is 4.98. The van der Waals surface area contributed by atoms with E-state index in [1.54, 1.807) is 19.1 Å². The molecule has 2 aromatic carbocycles. The van der Waals surface area contributed by atoms with Crippen LogP contribution in [0.5, 0.6) is 0 Å². The van der Waals surface area contributed by atoms with Crippen LogP contribution in [-0.2, 0) is 4.74 Å². The van der Waals surface area contributed by atoms with Crippen molar-refractivity contribution < 1.29 is 14.3 Å². The smallest absolute Gasteiger partial charge is 0.338 e. The van der Waals surface area contributed by atoms with Gasteiger partial charge in [0.15, 0.2) is 0 Å². The van der Waals surface area contributed by atoms with Crippen molar-refractivity contribution in [2.45, 2.75) is 27.7 Å². The number of methoxy groups -OCH3 is 1. The van der Waals surface area contributed by atoms with Crippen LogP contribution in [-0.4, -0.2) is 24.0 Å². The van der Waals surface area contributed by atoms with Crippen LogP contribution in [0.15, 0.2) is 48.5 Å². The summed E-state index contributed by atoms with van der Waals surface area (Å²) < 4.78 is 4.83. The lowest BCUT2D eigenvalue weighted by Crippen LogP contribution is -2.18. The van der Waals surface area contributed by atoms with Crippen molar-refractivity contribution in [3.63, 3.8) is 0 Å².